The number of hydrogen-bond donors (Lipinski definition) is 4. The summed E-state index contributed by atoms with van der Waals surface area (Å²) in [7, 11) is 0. The average Bonchev–Trinajstić information content (AvgIpc) is 2.30. The van der Waals surface area contributed by atoms with E-state index in [2.05, 4.69) is 15.8 Å². The number of carbonyl (C=O) groups is 1. The SMILES string of the molecule is CC(=O)Nc1ccccc1N/N=C(\C#N)C(=N)N. The second-order valence-electron chi connectivity index (χ2n) is 3.32. The van der Waals surface area contributed by atoms with Gasteiger partial charge in [0.05, 0.1) is 11.4 Å². The molecule has 92 valence electrons. The summed E-state index contributed by atoms with van der Waals surface area (Å²) in [6.07, 6.45) is 0. The molecule has 1 rings (SSSR count). The van der Waals surface area contributed by atoms with Crippen molar-refractivity contribution in [2.75, 3.05) is 10.7 Å². The van der Waals surface area contributed by atoms with Crippen LogP contribution in [0.3, 0.4) is 0 Å². The molecule has 0 aromatic heterocycles. The fourth-order valence-electron chi connectivity index (χ4n) is 1.14. The zero-order valence-corrected chi connectivity index (χ0v) is 9.69. The van der Waals surface area contributed by atoms with E-state index >= 15 is 0 Å². The smallest absolute Gasteiger partial charge is 0.221 e. The fourth-order valence-corrected chi connectivity index (χ4v) is 1.14. The Kier molecular flexibility index (Phi) is 4.40. The second kappa shape index (κ2) is 6.00. The summed E-state index contributed by atoms with van der Waals surface area (Å²) >= 11 is 0. The van der Waals surface area contributed by atoms with E-state index in [1.54, 1.807) is 30.3 Å². The molecule has 5 N–H and O–H groups in total. The summed E-state index contributed by atoms with van der Waals surface area (Å²) in [5, 5.41) is 22.1. The highest BCUT2D eigenvalue weighted by molar-refractivity contribution is 6.45. The number of amidine groups is 1. The Balaban J connectivity index is 2.95. The van der Waals surface area contributed by atoms with Crippen molar-refractivity contribution in [2.24, 2.45) is 10.8 Å². The molecule has 0 heterocycles. The van der Waals surface area contributed by atoms with Crippen LogP contribution in [0.25, 0.3) is 0 Å². The first-order valence-corrected chi connectivity index (χ1v) is 4.99. The predicted molar refractivity (Wildman–Crippen MR) is 69.3 cm³/mol. The molecular formula is C11H12N6O. The summed E-state index contributed by atoms with van der Waals surface area (Å²) < 4.78 is 0. The van der Waals surface area contributed by atoms with Crippen molar-refractivity contribution >= 4 is 28.8 Å². The minimum Gasteiger partial charge on any atom is -0.382 e. The number of amides is 1. The van der Waals surface area contributed by atoms with Gasteiger partial charge in [0.1, 0.15) is 6.07 Å². The molecule has 18 heavy (non-hydrogen) atoms. The molecular weight excluding hydrogens is 232 g/mol. The molecule has 1 aromatic rings. The van der Waals surface area contributed by atoms with Crippen molar-refractivity contribution in [3.8, 4) is 6.07 Å². The van der Waals surface area contributed by atoms with Crippen LogP contribution in [-0.2, 0) is 4.79 Å². The molecule has 0 aliphatic heterocycles. The van der Waals surface area contributed by atoms with Crippen LogP contribution in [0.4, 0.5) is 11.4 Å². The lowest BCUT2D eigenvalue weighted by Gasteiger charge is -2.08. The Morgan fingerprint density at radius 1 is 1.44 bits per heavy atom. The molecule has 0 bridgehead atoms. The molecule has 1 aromatic carbocycles. The number of nitriles is 1. The molecule has 1 amide bonds. The van der Waals surface area contributed by atoms with Crippen LogP contribution in [0, 0.1) is 16.7 Å². The summed E-state index contributed by atoms with van der Waals surface area (Å²) in [6.45, 7) is 1.39. The fraction of sp³-hybridized carbons (Fsp3) is 0.0909. The highest BCUT2D eigenvalue weighted by Gasteiger charge is 2.04. The number of para-hydroxylation sites is 2. The summed E-state index contributed by atoms with van der Waals surface area (Å²) in [5.74, 6) is -0.651. The molecule has 0 saturated carbocycles. The molecule has 0 aliphatic carbocycles. The monoisotopic (exact) mass is 244 g/mol. The first-order chi connectivity index (χ1) is 8.54. The number of nitrogens with two attached hydrogens (primary N) is 1. The van der Waals surface area contributed by atoms with Gasteiger partial charge in [-0.25, -0.2) is 0 Å². The number of anilines is 2. The zero-order chi connectivity index (χ0) is 13.5. The predicted octanol–water partition coefficient (Wildman–Crippen LogP) is 0.872. The Bertz CT molecular complexity index is 543. The van der Waals surface area contributed by atoms with E-state index in [9.17, 15) is 4.79 Å². The van der Waals surface area contributed by atoms with Gasteiger partial charge in [0.15, 0.2) is 5.84 Å². The lowest BCUT2D eigenvalue weighted by atomic mass is 10.2. The summed E-state index contributed by atoms with van der Waals surface area (Å²) in [6, 6.07) is 8.52. The van der Waals surface area contributed by atoms with Crippen LogP contribution in [0.2, 0.25) is 0 Å². The third-order valence-electron chi connectivity index (χ3n) is 1.89. The number of hydrogen-bond acceptors (Lipinski definition) is 5. The maximum absolute atomic E-state index is 11.0. The maximum Gasteiger partial charge on any atom is 0.221 e. The summed E-state index contributed by atoms with van der Waals surface area (Å²) in [4.78, 5) is 11.0. The Morgan fingerprint density at radius 3 is 2.56 bits per heavy atom. The lowest BCUT2D eigenvalue weighted by molar-refractivity contribution is -0.114. The van der Waals surface area contributed by atoms with Crippen LogP contribution in [-0.4, -0.2) is 17.5 Å². The van der Waals surface area contributed by atoms with Gasteiger partial charge < -0.3 is 11.1 Å². The van der Waals surface area contributed by atoms with Gasteiger partial charge in [-0.3, -0.25) is 15.6 Å². The lowest BCUT2D eigenvalue weighted by Crippen LogP contribution is -2.22. The minimum absolute atomic E-state index is 0.222. The summed E-state index contributed by atoms with van der Waals surface area (Å²) in [5.41, 5.74) is 8.53. The largest absolute Gasteiger partial charge is 0.382 e. The number of nitrogens with zero attached hydrogens (tertiary/aromatic N) is 2. The highest BCUT2D eigenvalue weighted by Crippen LogP contribution is 2.20. The number of benzene rings is 1. The van der Waals surface area contributed by atoms with E-state index < -0.39 is 5.84 Å². The quantitative estimate of drug-likeness (QED) is 0.356. The van der Waals surface area contributed by atoms with Gasteiger partial charge in [-0.15, -0.1) is 0 Å². The van der Waals surface area contributed by atoms with Crippen LogP contribution < -0.4 is 16.5 Å². The minimum atomic E-state index is -0.429. The van der Waals surface area contributed by atoms with Gasteiger partial charge in [0.2, 0.25) is 11.6 Å². The third kappa shape index (κ3) is 3.61. The molecule has 0 radical (unpaired) electrons. The second-order valence-corrected chi connectivity index (χ2v) is 3.32. The van der Waals surface area contributed by atoms with Crippen LogP contribution in [0.5, 0.6) is 0 Å². The van der Waals surface area contributed by atoms with E-state index in [0.29, 0.717) is 11.4 Å². The first kappa shape index (κ1) is 13.2. The van der Waals surface area contributed by atoms with Crippen molar-refractivity contribution in [1.82, 2.24) is 0 Å². The van der Waals surface area contributed by atoms with Crippen LogP contribution in [0.1, 0.15) is 6.92 Å². The Hall–Kier alpha value is -2.88. The van der Waals surface area contributed by atoms with Gasteiger partial charge in [0, 0.05) is 6.92 Å². The molecule has 0 aliphatic rings. The number of hydrazone groups is 1. The van der Waals surface area contributed by atoms with Crippen molar-refractivity contribution in [3.05, 3.63) is 24.3 Å². The standard InChI is InChI=1S/C11H12N6O/c1-7(18)15-8-4-2-3-5-9(8)16-17-10(6-12)11(13)14/h2-5,16H,1H3,(H3,13,14)(H,15,18)/b17-10+. The zero-order valence-electron chi connectivity index (χ0n) is 9.69. The van der Waals surface area contributed by atoms with Crippen molar-refractivity contribution in [1.29, 1.82) is 10.7 Å². The average molecular weight is 244 g/mol. The molecule has 0 fully saturated rings. The number of rotatable bonds is 4. The molecule has 0 saturated heterocycles. The van der Waals surface area contributed by atoms with Gasteiger partial charge in [0.25, 0.3) is 0 Å². The van der Waals surface area contributed by atoms with E-state index in [-0.39, 0.29) is 11.6 Å². The number of carbonyl (C=O) groups excluding carboxylic acids is 1. The maximum atomic E-state index is 11.0. The first-order valence-electron chi connectivity index (χ1n) is 4.99. The molecule has 0 unspecified atom stereocenters. The van der Waals surface area contributed by atoms with Gasteiger partial charge in [-0.1, -0.05) is 12.1 Å². The van der Waals surface area contributed by atoms with Crippen molar-refractivity contribution in [3.63, 3.8) is 0 Å². The highest BCUT2D eigenvalue weighted by atomic mass is 16.1. The molecule has 7 heteroatoms. The van der Waals surface area contributed by atoms with Crippen LogP contribution in [0.15, 0.2) is 29.4 Å². The van der Waals surface area contributed by atoms with Crippen molar-refractivity contribution in [2.45, 2.75) is 6.92 Å². The van der Waals surface area contributed by atoms with Crippen molar-refractivity contribution < 1.29 is 4.79 Å². The van der Waals surface area contributed by atoms with E-state index in [1.165, 1.54) is 6.92 Å². The van der Waals surface area contributed by atoms with E-state index in [1.807, 2.05) is 0 Å². The molecule has 0 spiro atoms. The molecule has 0 atom stereocenters. The number of nitrogens with one attached hydrogen (secondary N) is 3. The Labute approximate surface area is 104 Å². The van der Waals surface area contributed by atoms with Crippen LogP contribution >= 0.6 is 0 Å². The van der Waals surface area contributed by atoms with E-state index in [0.717, 1.165) is 0 Å². The topological polar surface area (TPSA) is 127 Å². The third-order valence-corrected chi connectivity index (χ3v) is 1.89. The normalized spacial score (nSPS) is 10.3. The molecule has 7 nitrogen and oxygen atoms in total. The van der Waals surface area contributed by atoms with Gasteiger partial charge in [-0.05, 0) is 12.1 Å². The van der Waals surface area contributed by atoms with Gasteiger partial charge >= 0.3 is 0 Å². The van der Waals surface area contributed by atoms with E-state index in [4.69, 9.17) is 16.4 Å². The van der Waals surface area contributed by atoms with Gasteiger partial charge in [-0.2, -0.15) is 10.4 Å². The Morgan fingerprint density at radius 2 is 2.06 bits per heavy atom.